The predicted molar refractivity (Wildman–Crippen MR) is 48.0 cm³/mol. The van der Waals surface area contributed by atoms with E-state index in [1.807, 2.05) is 24.0 Å². The van der Waals surface area contributed by atoms with E-state index in [0.717, 1.165) is 0 Å². The molecule has 2 rings (SSSR count). The Balaban J connectivity index is 2.47. The fraction of sp³-hybridized carbons (Fsp3) is 0.444. The van der Waals surface area contributed by atoms with E-state index in [4.69, 9.17) is 0 Å². The number of aromatic nitrogens is 1. The highest BCUT2D eigenvalue weighted by atomic mass is 32.2. The molecule has 0 radical (unpaired) electrons. The lowest BCUT2D eigenvalue weighted by molar-refractivity contribution is 0.755. The Labute approximate surface area is 71.2 Å². The number of hydrogen-bond donors (Lipinski definition) is 0. The number of fused-ring (bicyclic) bond motifs is 1. The molecule has 2 heterocycles. The summed E-state index contributed by atoms with van der Waals surface area (Å²) in [5.41, 5.74) is 1.42. The molecule has 0 bridgehead atoms. The maximum absolute atomic E-state index is 4.32. The average Bonchev–Trinajstić information content (AvgIpc) is 2.30. The minimum atomic E-state index is 0.670. The monoisotopic (exact) mass is 165 g/mol. The third kappa shape index (κ3) is 1.06. The lowest BCUT2D eigenvalue weighted by Crippen LogP contribution is -1.99. The van der Waals surface area contributed by atoms with Crippen molar-refractivity contribution in [1.29, 1.82) is 0 Å². The fourth-order valence-corrected chi connectivity index (χ4v) is 2.59. The van der Waals surface area contributed by atoms with E-state index in [9.17, 15) is 0 Å². The molecule has 0 fully saturated rings. The van der Waals surface area contributed by atoms with Gasteiger partial charge in [0.05, 0.1) is 5.03 Å². The first-order valence-electron chi connectivity index (χ1n) is 3.90. The molecule has 11 heavy (non-hydrogen) atoms. The lowest BCUT2D eigenvalue weighted by atomic mass is 10.0. The van der Waals surface area contributed by atoms with Gasteiger partial charge in [-0.3, -0.25) is 0 Å². The van der Waals surface area contributed by atoms with Gasteiger partial charge in [-0.2, -0.15) is 0 Å². The highest BCUT2D eigenvalue weighted by Gasteiger charge is 2.26. The zero-order valence-corrected chi connectivity index (χ0v) is 7.56. The zero-order chi connectivity index (χ0) is 7.84. The summed E-state index contributed by atoms with van der Waals surface area (Å²) in [5.74, 6) is 0.670. The van der Waals surface area contributed by atoms with Crippen LogP contribution in [0.1, 0.15) is 25.3 Å². The number of thioether (sulfide) groups is 1. The summed E-state index contributed by atoms with van der Waals surface area (Å²) in [6.07, 6.45) is 1.87. The number of nitrogens with zero attached hydrogens (tertiary/aromatic N) is 1. The van der Waals surface area contributed by atoms with Crippen molar-refractivity contribution in [2.75, 3.05) is 0 Å². The summed E-state index contributed by atoms with van der Waals surface area (Å²) in [6.45, 7) is 4.53. The SMILES string of the molecule is CC1Sc2ncccc2C1C. The Morgan fingerprint density at radius 1 is 1.45 bits per heavy atom. The maximum atomic E-state index is 4.32. The van der Waals surface area contributed by atoms with Crippen LogP contribution in [0.3, 0.4) is 0 Å². The topological polar surface area (TPSA) is 12.9 Å². The second-order valence-electron chi connectivity index (χ2n) is 3.01. The van der Waals surface area contributed by atoms with Crippen molar-refractivity contribution in [2.24, 2.45) is 0 Å². The molecule has 1 aliphatic rings. The molecule has 1 aliphatic heterocycles. The van der Waals surface area contributed by atoms with Crippen LogP contribution in [0, 0.1) is 0 Å². The van der Waals surface area contributed by atoms with Gasteiger partial charge in [-0.15, -0.1) is 11.8 Å². The minimum Gasteiger partial charge on any atom is -0.250 e. The molecule has 0 amide bonds. The first-order valence-corrected chi connectivity index (χ1v) is 4.78. The van der Waals surface area contributed by atoms with E-state index in [2.05, 4.69) is 24.9 Å². The van der Waals surface area contributed by atoms with Gasteiger partial charge in [0, 0.05) is 11.4 Å². The van der Waals surface area contributed by atoms with Crippen molar-refractivity contribution >= 4 is 11.8 Å². The van der Waals surface area contributed by atoms with Gasteiger partial charge in [-0.25, -0.2) is 4.98 Å². The smallest absolute Gasteiger partial charge is 0.0997 e. The van der Waals surface area contributed by atoms with Gasteiger partial charge in [0.15, 0.2) is 0 Å². The quantitative estimate of drug-likeness (QED) is 0.586. The highest BCUT2D eigenvalue weighted by molar-refractivity contribution is 8.00. The van der Waals surface area contributed by atoms with Crippen molar-refractivity contribution < 1.29 is 0 Å². The van der Waals surface area contributed by atoms with Crippen molar-refractivity contribution in [2.45, 2.75) is 30.0 Å². The molecule has 0 saturated heterocycles. The van der Waals surface area contributed by atoms with Gasteiger partial charge in [0.2, 0.25) is 0 Å². The van der Waals surface area contributed by atoms with Crippen molar-refractivity contribution in [1.82, 2.24) is 4.98 Å². The molecule has 0 aromatic carbocycles. The summed E-state index contributed by atoms with van der Waals surface area (Å²) in [7, 11) is 0. The summed E-state index contributed by atoms with van der Waals surface area (Å²) in [6, 6.07) is 4.21. The summed E-state index contributed by atoms with van der Waals surface area (Å²) in [4.78, 5) is 4.32. The van der Waals surface area contributed by atoms with Crippen LogP contribution in [0.5, 0.6) is 0 Å². The molecule has 0 N–H and O–H groups in total. The van der Waals surface area contributed by atoms with Crippen LogP contribution in [-0.2, 0) is 0 Å². The van der Waals surface area contributed by atoms with Gasteiger partial charge in [0.25, 0.3) is 0 Å². The lowest BCUT2D eigenvalue weighted by Gasteiger charge is -2.06. The van der Waals surface area contributed by atoms with E-state index in [-0.39, 0.29) is 0 Å². The van der Waals surface area contributed by atoms with Crippen LogP contribution in [0.2, 0.25) is 0 Å². The third-order valence-corrected chi connectivity index (χ3v) is 3.64. The van der Waals surface area contributed by atoms with Crippen LogP contribution in [-0.4, -0.2) is 10.2 Å². The molecule has 2 unspecified atom stereocenters. The maximum Gasteiger partial charge on any atom is 0.0997 e. The summed E-state index contributed by atoms with van der Waals surface area (Å²) < 4.78 is 0. The largest absolute Gasteiger partial charge is 0.250 e. The Bertz CT molecular complexity index is 272. The summed E-state index contributed by atoms with van der Waals surface area (Å²) >= 11 is 1.89. The predicted octanol–water partition coefficient (Wildman–Crippen LogP) is 2.68. The van der Waals surface area contributed by atoms with Gasteiger partial charge >= 0.3 is 0 Å². The zero-order valence-electron chi connectivity index (χ0n) is 6.74. The highest BCUT2D eigenvalue weighted by Crippen LogP contribution is 2.43. The van der Waals surface area contributed by atoms with Crippen LogP contribution >= 0.6 is 11.8 Å². The molecule has 2 heteroatoms. The Hall–Kier alpha value is -0.500. The van der Waals surface area contributed by atoms with Crippen molar-refractivity contribution in [3.05, 3.63) is 23.9 Å². The fourth-order valence-electron chi connectivity index (χ4n) is 1.38. The van der Waals surface area contributed by atoms with Crippen molar-refractivity contribution in [3.8, 4) is 0 Å². The number of hydrogen-bond acceptors (Lipinski definition) is 2. The van der Waals surface area contributed by atoms with E-state index in [0.29, 0.717) is 11.2 Å². The molecule has 0 aliphatic carbocycles. The van der Waals surface area contributed by atoms with Crippen LogP contribution in [0.15, 0.2) is 23.4 Å². The average molecular weight is 165 g/mol. The standard InChI is InChI=1S/C9H11NS/c1-6-7(2)11-9-8(6)4-3-5-10-9/h3-7H,1-2H3. The van der Waals surface area contributed by atoms with Gasteiger partial charge in [-0.05, 0) is 17.5 Å². The van der Waals surface area contributed by atoms with Gasteiger partial charge in [-0.1, -0.05) is 19.9 Å². The number of pyridine rings is 1. The summed E-state index contributed by atoms with van der Waals surface area (Å²) in [5, 5.41) is 1.92. The van der Waals surface area contributed by atoms with E-state index in [1.165, 1.54) is 10.6 Å². The molecule has 58 valence electrons. The molecular weight excluding hydrogens is 154 g/mol. The first kappa shape index (κ1) is 7.17. The molecule has 1 aromatic rings. The third-order valence-electron chi connectivity index (χ3n) is 2.29. The molecule has 2 atom stereocenters. The van der Waals surface area contributed by atoms with Crippen LogP contribution in [0.4, 0.5) is 0 Å². The Morgan fingerprint density at radius 2 is 2.27 bits per heavy atom. The Morgan fingerprint density at radius 3 is 3.00 bits per heavy atom. The minimum absolute atomic E-state index is 0.670. The van der Waals surface area contributed by atoms with Crippen LogP contribution < -0.4 is 0 Å². The second-order valence-corrected chi connectivity index (χ2v) is 4.38. The Kier molecular flexibility index (Phi) is 1.64. The van der Waals surface area contributed by atoms with E-state index >= 15 is 0 Å². The normalized spacial score (nSPS) is 28.5. The van der Waals surface area contributed by atoms with Crippen LogP contribution in [0.25, 0.3) is 0 Å². The molecule has 0 saturated carbocycles. The molecule has 1 nitrogen and oxygen atoms in total. The number of rotatable bonds is 0. The van der Waals surface area contributed by atoms with Gasteiger partial charge < -0.3 is 0 Å². The van der Waals surface area contributed by atoms with E-state index < -0.39 is 0 Å². The second kappa shape index (κ2) is 2.52. The van der Waals surface area contributed by atoms with E-state index in [1.54, 1.807) is 0 Å². The molecule has 0 spiro atoms. The van der Waals surface area contributed by atoms with Crippen molar-refractivity contribution in [3.63, 3.8) is 0 Å². The molecule has 1 aromatic heterocycles. The molecular formula is C9H11NS. The van der Waals surface area contributed by atoms with Gasteiger partial charge in [0.1, 0.15) is 0 Å². The first-order chi connectivity index (χ1) is 5.29.